The third kappa shape index (κ3) is 3.87. The van der Waals surface area contributed by atoms with Gasteiger partial charge in [0.15, 0.2) is 4.32 Å². The Labute approximate surface area is 111 Å². The van der Waals surface area contributed by atoms with Gasteiger partial charge in [-0.2, -0.15) is 4.91 Å². The van der Waals surface area contributed by atoms with Crippen LogP contribution in [-0.4, -0.2) is 13.6 Å². The van der Waals surface area contributed by atoms with E-state index in [1.807, 2.05) is 0 Å². The van der Waals surface area contributed by atoms with Crippen LogP contribution in [0.1, 0.15) is 0 Å². The minimum atomic E-state index is 0.187. The van der Waals surface area contributed by atoms with E-state index in [0.717, 1.165) is 11.9 Å². The van der Waals surface area contributed by atoms with Gasteiger partial charge < -0.3 is 4.42 Å². The maximum Gasteiger partial charge on any atom is 0.313 e. The Bertz CT molecular complexity index is 426. The van der Waals surface area contributed by atoms with Crippen LogP contribution < -0.4 is 9.73 Å². The van der Waals surface area contributed by atoms with E-state index in [0.29, 0.717) is 0 Å². The number of azide groups is 1. The molecule has 0 unspecified atom stereocenters. The van der Waals surface area contributed by atoms with E-state index >= 15 is 0 Å². The standard InChI is InChI=1S/C5H4N6OS4/c6-9-10-8-4(13)16-11(5(14)15)3-7-1-2-12-3/h1-2H,(H,8,13)(H,14,15). The van der Waals surface area contributed by atoms with Crippen molar-refractivity contribution in [3.63, 3.8) is 0 Å². The predicted molar refractivity (Wildman–Crippen MR) is 73.0 cm³/mol. The minimum absolute atomic E-state index is 0.187. The first-order valence-electron chi connectivity index (χ1n) is 3.59. The average Bonchev–Trinajstić information content (AvgIpc) is 2.75. The fraction of sp³-hybridized carbons (Fsp3) is 0. The normalized spacial score (nSPS) is 9.06. The van der Waals surface area contributed by atoms with Crippen molar-refractivity contribution in [1.29, 1.82) is 0 Å². The van der Waals surface area contributed by atoms with E-state index in [1.165, 1.54) is 16.8 Å². The van der Waals surface area contributed by atoms with E-state index in [1.54, 1.807) is 0 Å². The van der Waals surface area contributed by atoms with Crippen LogP contribution in [0.4, 0.5) is 6.01 Å². The van der Waals surface area contributed by atoms with Crippen molar-refractivity contribution < 1.29 is 4.42 Å². The van der Waals surface area contributed by atoms with Crippen LogP contribution in [0.5, 0.6) is 0 Å². The van der Waals surface area contributed by atoms with Crippen LogP contribution in [0.2, 0.25) is 0 Å². The molecule has 16 heavy (non-hydrogen) atoms. The summed E-state index contributed by atoms with van der Waals surface area (Å²) in [5.41, 5.74) is 10.4. The zero-order valence-corrected chi connectivity index (χ0v) is 10.8. The third-order valence-electron chi connectivity index (χ3n) is 1.13. The maximum absolute atomic E-state index is 8.08. The summed E-state index contributed by atoms with van der Waals surface area (Å²) in [5, 5.41) is 3.09. The molecular weight excluding hydrogens is 288 g/mol. The van der Waals surface area contributed by atoms with Crippen LogP contribution in [0.25, 0.3) is 10.4 Å². The molecule has 1 heterocycles. The SMILES string of the molecule is [N-]=[N+]=NNC(=S)SN(C(=S)S)c1ncco1. The van der Waals surface area contributed by atoms with E-state index in [2.05, 4.69) is 33.2 Å². The molecule has 0 aliphatic carbocycles. The van der Waals surface area contributed by atoms with Crippen molar-refractivity contribution in [2.75, 3.05) is 4.31 Å². The second kappa shape index (κ2) is 6.55. The van der Waals surface area contributed by atoms with Gasteiger partial charge in [-0.3, -0.25) is 0 Å². The van der Waals surface area contributed by atoms with Crippen molar-refractivity contribution in [1.82, 2.24) is 10.4 Å². The monoisotopic (exact) mass is 292 g/mol. The molecule has 7 nitrogen and oxygen atoms in total. The van der Waals surface area contributed by atoms with Crippen LogP contribution in [0, 0.1) is 0 Å². The highest BCUT2D eigenvalue weighted by atomic mass is 32.2. The maximum atomic E-state index is 8.08. The highest BCUT2D eigenvalue weighted by molar-refractivity contribution is 8.26. The molecule has 1 aromatic rings. The summed E-state index contributed by atoms with van der Waals surface area (Å²) in [6.07, 6.45) is 2.84. The molecule has 84 valence electrons. The second-order valence-corrected chi connectivity index (χ2v) is 4.81. The molecule has 0 radical (unpaired) electrons. The Balaban J connectivity index is 2.70. The molecule has 0 saturated heterocycles. The zero-order chi connectivity index (χ0) is 12.0. The minimum Gasteiger partial charge on any atom is -0.431 e. The fourth-order valence-electron chi connectivity index (χ4n) is 0.643. The summed E-state index contributed by atoms with van der Waals surface area (Å²) in [7, 11) is 0. The zero-order valence-electron chi connectivity index (χ0n) is 7.47. The number of hydrogen-bond donors (Lipinski definition) is 2. The number of thiocarbonyl (C=S) groups is 2. The van der Waals surface area contributed by atoms with E-state index in [-0.39, 0.29) is 14.7 Å². The van der Waals surface area contributed by atoms with Gasteiger partial charge in [0.05, 0.1) is 18.1 Å². The molecule has 1 rings (SSSR count). The van der Waals surface area contributed by atoms with Gasteiger partial charge in [-0.25, -0.2) is 14.7 Å². The number of nitrogens with one attached hydrogen (secondary N) is 1. The van der Waals surface area contributed by atoms with Crippen LogP contribution in [0.15, 0.2) is 22.1 Å². The molecule has 0 aliphatic heterocycles. The Morgan fingerprint density at radius 3 is 3.00 bits per heavy atom. The lowest BCUT2D eigenvalue weighted by Crippen LogP contribution is -2.23. The Morgan fingerprint density at radius 2 is 2.50 bits per heavy atom. The summed E-state index contributed by atoms with van der Waals surface area (Å²) in [6.45, 7) is 0. The van der Waals surface area contributed by atoms with Crippen molar-refractivity contribution in [3.05, 3.63) is 22.9 Å². The number of oxazole rings is 1. The Morgan fingerprint density at radius 1 is 1.75 bits per heavy atom. The average molecular weight is 292 g/mol. The number of aromatic nitrogens is 1. The highest BCUT2D eigenvalue weighted by Crippen LogP contribution is 2.23. The summed E-state index contributed by atoms with van der Waals surface area (Å²) < 4.78 is 6.78. The highest BCUT2D eigenvalue weighted by Gasteiger charge is 2.18. The van der Waals surface area contributed by atoms with Crippen LogP contribution in [-0.2, 0) is 0 Å². The van der Waals surface area contributed by atoms with E-state index < -0.39 is 0 Å². The lowest BCUT2D eigenvalue weighted by molar-refractivity contribution is 0.573. The van der Waals surface area contributed by atoms with Crippen LogP contribution in [0.3, 0.4) is 0 Å². The predicted octanol–water partition coefficient (Wildman–Crippen LogP) is 2.44. The van der Waals surface area contributed by atoms with Gasteiger partial charge in [-0.15, -0.1) is 18.2 Å². The number of thiol groups is 1. The van der Waals surface area contributed by atoms with Gasteiger partial charge in [0.2, 0.25) is 4.32 Å². The first-order valence-corrected chi connectivity index (χ1v) is 5.63. The fourth-order valence-corrected chi connectivity index (χ4v) is 1.80. The third-order valence-corrected chi connectivity index (χ3v) is 2.85. The molecule has 1 aromatic heterocycles. The van der Waals surface area contributed by atoms with E-state index in [4.69, 9.17) is 34.4 Å². The Hall–Kier alpha value is -1.00. The summed E-state index contributed by atoms with van der Waals surface area (Å²) in [4.78, 5) is 6.38. The van der Waals surface area contributed by atoms with Gasteiger partial charge in [-0.1, -0.05) is 12.2 Å². The van der Waals surface area contributed by atoms with Gasteiger partial charge in [0.1, 0.15) is 6.26 Å². The second-order valence-electron chi connectivity index (χ2n) is 2.07. The summed E-state index contributed by atoms with van der Waals surface area (Å²) in [6, 6.07) is 0.232. The molecule has 0 atom stereocenters. The summed E-state index contributed by atoms with van der Waals surface area (Å²) >= 11 is 14.7. The molecule has 0 saturated carbocycles. The lowest BCUT2D eigenvalue weighted by atomic mass is 11.0. The van der Waals surface area contributed by atoms with Gasteiger partial charge in [0.25, 0.3) is 0 Å². The topological polar surface area (TPSA) is 90.1 Å². The molecule has 0 amide bonds. The van der Waals surface area contributed by atoms with Crippen molar-refractivity contribution >= 4 is 63.7 Å². The van der Waals surface area contributed by atoms with Gasteiger partial charge >= 0.3 is 6.01 Å². The Kier molecular flexibility index (Phi) is 5.35. The number of rotatable bonds is 2. The first kappa shape index (κ1) is 13.1. The lowest BCUT2D eigenvalue weighted by Gasteiger charge is -2.14. The smallest absolute Gasteiger partial charge is 0.313 e. The van der Waals surface area contributed by atoms with Gasteiger partial charge in [-0.05, 0) is 17.4 Å². The number of nitrogens with zero attached hydrogens (tertiary/aromatic N) is 5. The number of anilines is 1. The molecule has 11 heteroatoms. The molecule has 0 aromatic carbocycles. The molecular formula is C5H4N6OS4. The van der Waals surface area contributed by atoms with Crippen molar-refractivity contribution in [2.24, 2.45) is 5.22 Å². The largest absolute Gasteiger partial charge is 0.431 e. The van der Waals surface area contributed by atoms with Crippen molar-refractivity contribution in [3.8, 4) is 0 Å². The molecule has 0 aliphatic rings. The van der Waals surface area contributed by atoms with E-state index in [9.17, 15) is 0 Å². The summed E-state index contributed by atoms with van der Waals surface area (Å²) in [5.74, 6) is 0. The quantitative estimate of drug-likeness (QED) is 0.164. The number of hydrogen-bond acceptors (Lipinski definition) is 6. The molecule has 0 fully saturated rings. The molecule has 0 bridgehead atoms. The first-order chi connectivity index (χ1) is 7.65. The molecule has 1 N–H and O–H groups in total. The van der Waals surface area contributed by atoms with Crippen LogP contribution >= 0.6 is 49.0 Å². The van der Waals surface area contributed by atoms with Gasteiger partial charge in [0, 0.05) is 0 Å². The molecule has 0 spiro atoms. The van der Waals surface area contributed by atoms with Crippen molar-refractivity contribution in [2.45, 2.75) is 0 Å².